The molecule has 0 aliphatic heterocycles. The average Bonchev–Trinajstić information content (AvgIpc) is 2.91. The van der Waals surface area contributed by atoms with Crippen molar-refractivity contribution in [3.8, 4) is 0 Å². The van der Waals surface area contributed by atoms with E-state index in [1.807, 2.05) is 0 Å². The number of aromatic nitrogens is 2. The number of benzene rings is 1. The molecule has 1 aliphatic rings. The van der Waals surface area contributed by atoms with Crippen molar-refractivity contribution in [2.45, 2.75) is 36.8 Å². The van der Waals surface area contributed by atoms with Gasteiger partial charge in [-0.2, -0.15) is 0 Å². The quantitative estimate of drug-likeness (QED) is 0.709. The summed E-state index contributed by atoms with van der Waals surface area (Å²) in [7, 11) is -3.07. The molecule has 3 rings (SSSR count). The molecule has 0 amide bonds. The Hall–Kier alpha value is -1.58. The second-order valence-electron chi connectivity index (χ2n) is 6.91. The largest absolute Gasteiger partial charge is 0.365 e. The molecule has 0 bridgehead atoms. The molecule has 27 heavy (non-hydrogen) atoms. The number of aromatic amines is 1. The van der Waals surface area contributed by atoms with Crippen molar-refractivity contribution in [3.63, 3.8) is 0 Å². The van der Waals surface area contributed by atoms with Gasteiger partial charge < -0.3 is 9.72 Å². The smallest absolute Gasteiger partial charge is 0.248 e. The van der Waals surface area contributed by atoms with Crippen molar-refractivity contribution >= 4 is 21.3 Å². The van der Waals surface area contributed by atoms with E-state index in [-0.39, 0.29) is 41.2 Å². The molecule has 0 saturated heterocycles. The summed E-state index contributed by atoms with van der Waals surface area (Å²) in [5, 5.41) is -0.0194. The number of alkyl halides is 2. The van der Waals surface area contributed by atoms with E-state index >= 15 is 0 Å². The first kappa shape index (κ1) is 20.2. The molecule has 148 valence electrons. The van der Waals surface area contributed by atoms with Crippen LogP contribution in [-0.2, 0) is 14.5 Å². The van der Waals surface area contributed by atoms with Crippen molar-refractivity contribution in [3.05, 3.63) is 46.1 Å². The lowest BCUT2D eigenvalue weighted by atomic mass is 9.82. The number of nitrogens with one attached hydrogen (secondary N) is 2. The monoisotopic (exact) mass is 421 g/mol. The fraction of sp³-hybridized carbons (Fsp3) is 0.471. The molecule has 1 unspecified atom stereocenters. The zero-order valence-corrected chi connectivity index (χ0v) is 16.3. The minimum atomic E-state index is -3.07. The van der Waals surface area contributed by atoms with Crippen LogP contribution in [0, 0.1) is 23.4 Å². The Labute approximate surface area is 160 Å². The Kier molecular flexibility index (Phi) is 5.31. The zero-order chi connectivity index (χ0) is 20.0. The summed E-state index contributed by atoms with van der Waals surface area (Å²) in [5.74, 6) is -3.29. The molecule has 2 aromatic rings. The van der Waals surface area contributed by atoms with Crippen LogP contribution in [0.1, 0.15) is 36.0 Å². The molecule has 10 heteroatoms. The van der Waals surface area contributed by atoms with Crippen LogP contribution in [0.15, 0.2) is 23.2 Å². The first-order chi connectivity index (χ1) is 12.5. The zero-order valence-electron chi connectivity index (χ0n) is 14.7. The van der Waals surface area contributed by atoms with Crippen molar-refractivity contribution in [1.82, 2.24) is 9.97 Å². The fourth-order valence-corrected chi connectivity index (χ4v) is 4.21. The molecule has 0 radical (unpaired) electrons. The number of H-pyrrole nitrogens is 1. The maximum absolute atomic E-state index is 13.5. The van der Waals surface area contributed by atoms with Gasteiger partial charge in [0.1, 0.15) is 17.7 Å². The van der Waals surface area contributed by atoms with Crippen LogP contribution >= 0.6 is 11.6 Å². The lowest BCUT2D eigenvalue weighted by Gasteiger charge is -2.35. The van der Waals surface area contributed by atoms with E-state index in [1.54, 1.807) is 6.92 Å². The van der Waals surface area contributed by atoms with Gasteiger partial charge in [-0.1, -0.05) is 17.7 Å². The molecule has 1 fully saturated rings. The first-order valence-corrected chi connectivity index (χ1v) is 10.6. The Balaban J connectivity index is 1.91. The van der Waals surface area contributed by atoms with Crippen LogP contribution in [0.5, 0.6) is 0 Å². The third-order valence-electron chi connectivity index (χ3n) is 4.40. The highest BCUT2D eigenvalue weighted by atomic mass is 35.5. The van der Waals surface area contributed by atoms with Crippen LogP contribution < -0.4 is 0 Å². The fourth-order valence-electron chi connectivity index (χ4n) is 3.11. The maximum atomic E-state index is 13.5. The second-order valence-corrected chi connectivity index (χ2v) is 9.39. The summed E-state index contributed by atoms with van der Waals surface area (Å²) < 4.78 is 65.3. The van der Waals surface area contributed by atoms with E-state index in [2.05, 4.69) is 9.97 Å². The van der Waals surface area contributed by atoms with Gasteiger partial charge in [0.2, 0.25) is 5.92 Å². The number of hydrogen-bond donors (Lipinski definition) is 2. The van der Waals surface area contributed by atoms with Gasteiger partial charge in [0.05, 0.1) is 21.4 Å². The first-order valence-electron chi connectivity index (χ1n) is 8.21. The number of aryl methyl sites for hydroxylation is 1. The molecular formula is C17H19ClF3N3O2S. The van der Waals surface area contributed by atoms with Gasteiger partial charge in [0.25, 0.3) is 0 Å². The van der Waals surface area contributed by atoms with Gasteiger partial charge in [0.15, 0.2) is 5.03 Å². The standard InChI is InChI=1S/C17H19ClF3N3O2S/c1-9-16(27(2,22)25)24-15(23-9)14(11-3-4-13(19)12(18)5-11)26-8-10-6-17(20,21)7-10/h3-5,10,14,22H,6-8H2,1-2H3,(H,23,24)/t14?,27-/m0/s1. The minimum Gasteiger partial charge on any atom is -0.365 e. The van der Waals surface area contributed by atoms with E-state index in [0.29, 0.717) is 11.3 Å². The molecule has 2 atom stereocenters. The number of imidazole rings is 1. The van der Waals surface area contributed by atoms with Crippen molar-refractivity contribution in [2.75, 3.05) is 12.9 Å². The molecule has 0 spiro atoms. The Morgan fingerprint density at radius 1 is 1.48 bits per heavy atom. The third-order valence-corrected chi connectivity index (χ3v) is 5.82. The molecule has 1 saturated carbocycles. The number of nitrogens with zero attached hydrogens (tertiary/aromatic N) is 1. The van der Waals surface area contributed by atoms with Crippen molar-refractivity contribution < 1.29 is 22.1 Å². The van der Waals surface area contributed by atoms with E-state index < -0.39 is 27.6 Å². The van der Waals surface area contributed by atoms with E-state index in [1.165, 1.54) is 24.5 Å². The van der Waals surface area contributed by atoms with Gasteiger partial charge in [-0.25, -0.2) is 27.1 Å². The van der Waals surface area contributed by atoms with Crippen LogP contribution in [0.2, 0.25) is 5.02 Å². The van der Waals surface area contributed by atoms with Crippen LogP contribution in [-0.4, -0.2) is 33.0 Å². The number of halogens is 4. The Morgan fingerprint density at radius 3 is 2.67 bits per heavy atom. The summed E-state index contributed by atoms with van der Waals surface area (Å²) in [5.41, 5.74) is 0.921. The van der Waals surface area contributed by atoms with Crippen molar-refractivity contribution in [1.29, 1.82) is 4.78 Å². The van der Waals surface area contributed by atoms with E-state index in [9.17, 15) is 17.4 Å². The van der Waals surface area contributed by atoms with Gasteiger partial charge in [-0.05, 0) is 30.5 Å². The van der Waals surface area contributed by atoms with E-state index in [0.717, 1.165) is 0 Å². The predicted molar refractivity (Wildman–Crippen MR) is 95.3 cm³/mol. The summed E-state index contributed by atoms with van der Waals surface area (Å²) in [4.78, 5) is 7.17. The summed E-state index contributed by atoms with van der Waals surface area (Å²) in [6.45, 7) is 1.69. The minimum absolute atomic E-state index is 0.0622. The van der Waals surface area contributed by atoms with Gasteiger partial charge >= 0.3 is 0 Å². The highest BCUT2D eigenvalue weighted by Crippen LogP contribution is 2.43. The Morgan fingerprint density at radius 2 is 2.15 bits per heavy atom. The predicted octanol–water partition coefficient (Wildman–Crippen LogP) is 4.70. The summed E-state index contributed by atoms with van der Waals surface area (Å²) in [6, 6.07) is 4.01. The molecule has 5 nitrogen and oxygen atoms in total. The normalized spacial score (nSPS) is 20.1. The average molecular weight is 422 g/mol. The highest BCUT2D eigenvalue weighted by molar-refractivity contribution is 7.91. The van der Waals surface area contributed by atoms with Crippen LogP contribution in [0.25, 0.3) is 0 Å². The summed E-state index contributed by atoms with van der Waals surface area (Å²) >= 11 is 5.86. The molecule has 1 heterocycles. The topological polar surface area (TPSA) is 78.8 Å². The lowest BCUT2D eigenvalue weighted by molar-refractivity contribution is -0.133. The molecule has 1 aromatic heterocycles. The number of ether oxygens (including phenoxy) is 1. The molecular weight excluding hydrogens is 403 g/mol. The lowest BCUT2D eigenvalue weighted by Crippen LogP contribution is -2.38. The highest BCUT2D eigenvalue weighted by Gasteiger charge is 2.45. The van der Waals surface area contributed by atoms with E-state index in [4.69, 9.17) is 21.1 Å². The third kappa shape index (κ3) is 4.47. The second kappa shape index (κ2) is 7.10. The van der Waals surface area contributed by atoms with Gasteiger partial charge in [0, 0.05) is 24.8 Å². The summed E-state index contributed by atoms with van der Waals surface area (Å²) in [6.07, 6.45) is -0.0865. The number of hydrogen-bond acceptors (Lipinski definition) is 4. The SMILES string of the molecule is Cc1[nH]c(C(OCC2CC(F)(F)C2)c2ccc(F)c(Cl)c2)nc1[S@@](C)(=N)=O. The van der Waals surface area contributed by atoms with Gasteiger partial charge in [-0.3, -0.25) is 0 Å². The van der Waals surface area contributed by atoms with Crippen LogP contribution in [0.4, 0.5) is 13.2 Å². The number of rotatable bonds is 6. The Bertz CT molecular complexity index is 954. The molecule has 1 aromatic carbocycles. The maximum Gasteiger partial charge on any atom is 0.248 e. The molecule has 2 N–H and O–H groups in total. The van der Waals surface area contributed by atoms with Crippen LogP contribution in [0.3, 0.4) is 0 Å². The van der Waals surface area contributed by atoms with Gasteiger partial charge in [-0.15, -0.1) is 0 Å². The van der Waals surface area contributed by atoms with Crippen molar-refractivity contribution in [2.24, 2.45) is 5.92 Å². The molecule has 1 aliphatic carbocycles.